The van der Waals surface area contributed by atoms with Crippen LogP contribution in [0.1, 0.15) is 17.7 Å². The maximum absolute atomic E-state index is 5.31. The standard InChI is InChI=1S/C15H19N3O/c1-10-9-12(5-6-13(10)19-3)14-11(2)18-8-4-7-16-15(18)17-14/h5-6,9H,4,7-8H2,1-3H3,(H,16,17). The third-order valence-corrected chi connectivity index (χ3v) is 3.73. The van der Waals surface area contributed by atoms with E-state index in [1.54, 1.807) is 7.11 Å². The highest BCUT2D eigenvalue weighted by Crippen LogP contribution is 2.30. The van der Waals surface area contributed by atoms with Gasteiger partial charge in [-0.05, 0) is 44.0 Å². The molecule has 19 heavy (non-hydrogen) atoms. The first-order valence-corrected chi connectivity index (χ1v) is 6.66. The van der Waals surface area contributed by atoms with Crippen LogP contribution in [-0.2, 0) is 6.54 Å². The Hall–Kier alpha value is -1.97. The van der Waals surface area contributed by atoms with Gasteiger partial charge >= 0.3 is 0 Å². The van der Waals surface area contributed by atoms with Gasteiger partial charge in [0.1, 0.15) is 5.75 Å². The molecule has 1 N–H and O–H groups in total. The number of hydrogen-bond acceptors (Lipinski definition) is 3. The fraction of sp³-hybridized carbons (Fsp3) is 0.400. The van der Waals surface area contributed by atoms with E-state index in [1.165, 1.54) is 5.69 Å². The summed E-state index contributed by atoms with van der Waals surface area (Å²) < 4.78 is 7.57. The van der Waals surface area contributed by atoms with Crippen molar-refractivity contribution in [3.8, 4) is 17.0 Å². The Kier molecular flexibility index (Phi) is 2.93. The van der Waals surface area contributed by atoms with Crippen molar-refractivity contribution in [2.75, 3.05) is 19.0 Å². The molecule has 2 aromatic rings. The lowest BCUT2D eigenvalue weighted by Gasteiger charge is -2.16. The van der Waals surface area contributed by atoms with Crippen LogP contribution in [0, 0.1) is 13.8 Å². The summed E-state index contributed by atoms with van der Waals surface area (Å²) >= 11 is 0. The molecule has 4 nitrogen and oxygen atoms in total. The fourth-order valence-corrected chi connectivity index (χ4v) is 2.68. The average Bonchev–Trinajstić information content (AvgIpc) is 2.77. The summed E-state index contributed by atoms with van der Waals surface area (Å²) in [6.45, 7) is 6.26. The molecule has 0 bridgehead atoms. The van der Waals surface area contributed by atoms with E-state index in [-0.39, 0.29) is 0 Å². The maximum Gasteiger partial charge on any atom is 0.203 e. The van der Waals surface area contributed by atoms with E-state index >= 15 is 0 Å². The van der Waals surface area contributed by atoms with Crippen LogP contribution in [0.2, 0.25) is 0 Å². The second kappa shape index (κ2) is 4.61. The van der Waals surface area contributed by atoms with Crippen molar-refractivity contribution in [1.29, 1.82) is 0 Å². The second-order valence-corrected chi connectivity index (χ2v) is 4.99. The Bertz CT molecular complexity index is 616. The van der Waals surface area contributed by atoms with E-state index in [0.29, 0.717) is 0 Å². The molecule has 0 aliphatic carbocycles. The lowest BCUT2D eigenvalue weighted by molar-refractivity contribution is 0.412. The average molecular weight is 257 g/mol. The molecule has 1 aliphatic heterocycles. The number of nitrogens with zero attached hydrogens (tertiary/aromatic N) is 2. The maximum atomic E-state index is 5.31. The molecule has 1 aromatic carbocycles. The number of hydrogen-bond donors (Lipinski definition) is 1. The number of imidazole rings is 1. The van der Waals surface area contributed by atoms with Crippen LogP contribution in [-0.4, -0.2) is 23.2 Å². The number of benzene rings is 1. The molecular weight excluding hydrogens is 238 g/mol. The first-order valence-electron chi connectivity index (χ1n) is 6.66. The van der Waals surface area contributed by atoms with Gasteiger partial charge in [-0.3, -0.25) is 0 Å². The monoisotopic (exact) mass is 257 g/mol. The topological polar surface area (TPSA) is 39.1 Å². The van der Waals surface area contributed by atoms with Crippen molar-refractivity contribution in [3.63, 3.8) is 0 Å². The lowest BCUT2D eigenvalue weighted by Crippen LogP contribution is -2.17. The van der Waals surface area contributed by atoms with Crippen LogP contribution >= 0.6 is 0 Å². The number of aromatic nitrogens is 2. The van der Waals surface area contributed by atoms with Gasteiger partial charge in [0.15, 0.2) is 0 Å². The highest BCUT2D eigenvalue weighted by atomic mass is 16.5. The van der Waals surface area contributed by atoms with Crippen LogP contribution in [0.15, 0.2) is 18.2 Å². The van der Waals surface area contributed by atoms with Crippen LogP contribution in [0.3, 0.4) is 0 Å². The van der Waals surface area contributed by atoms with E-state index in [9.17, 15) is 0 Å². The molecule has 0 spiro atoms. The van der Waals surface area contributed by atoms with E-state index in [0.717, 1.165) is 48.0 Å². The number of nitrogens with one attached hydrogen (secondary N) is 1. The summed E-state index contributed by atoms with van der Waals surface area (Å²) in [5.41, 5.74) is 4.58. The van der Waals surface area contributed by atoms with Gasteiger partial charge in [-0.2, -0.15) is 0 Å². The third kappa shape index (κ3) is 1.97. The Morgan fingerprint density at radius 3 is 2.84 bits per heavy atom. The van der Waals surface area contributed by atoms with Gasteiger partial charge in [0.05, 0.1) is 12.8 Å². The number of anilines is 1. The molecule has 0 atom stereocenters. The van der Waals surface area contributed by atoms with Gasteiger partial charge in [-0.15, -0.1) is 0 Å². The van der Waals surface area contributed by atoms with Gasteiger partial charge in [-0.1, -0.05) is 0 Å². The number of methoxy groups -OCH3 is 1. The van der Waals surface area contributed by atoms with Gasteiger partial charge < -0.3 is 14.6 Å². The molecule has 0 fully saturated rings. The minimum absolute atomic E-state index is 0.920. The lowest BCUT2D eigenvalue weighted by atomic mass is 10.1. The summed E-state index contributed by atoms with van der Waals surface area (Å²) in [5.74, 6) is 1.91. The van der Waals surface area contributed by atoms with Crippen molar-refractivity contribution in [2.24, 2.45) is 0 Å². The van der Waals surface area contributed by atoms with Crippen LogP contribution in [0.25, 0.3) is 11.3 Å². The Morgan fingerprint density at radius 2 is 2.16 bits per heavy atom. The molecule has 1 aliphatic rings. The Balaban J connectivity index is 2.07. The zero-order valence-electron chi connectivity index (χ0n) is 11.7. The highest BCUT2D eigenvalue weighted by Gasteiger charge is 2.17. The number of ether oxygens (including phenoxy) is 1. The molecule has 0 unspecified atom stereocenters. The summed E-state index contributed by atoms with van der Waals surface area (Å²) in [7, 11) is 1.70. The first-order chi connectivity index (χ1) is 9.20. The molecule has 0 amide bonds. The fourth-order valence-electron chi connectivity index (χ4n) is 2.68. The third-order valence-electron chi connectivity index (χ3n) is 3.73. The Morgan fingerprint density at radius 1 is 1.32 bits per heavy atom. The highest BCUT2D eigenvalue weighted by molar-refractivity contribution is 5.66. The van der Waals surface area contributed by atoms with Gasteiger partial charge in [0.25, 0.3) is 0 Å². The summed E-state index contributed by atoms with van der Waals surface area (Å²) in [6, 6.07) is 6.23. The van der Waals surface area contributed by atoms with E-state index in [4.69, 9.17) is 9.72 Å². The van der Waals surface area contributed by atoms with Gasteiger partial charge in [0.2, 0.25) is 5.95 Å². The molecule has 3 rings (SSSR count). The second-order valence-electron chi connectivity index (χ2n) is 4.99. The quantitative estimate of drug-likeness (QED) is 0.899. The SMILES string of the molecule is COc1ccc(-c2nc3n(c2C)CCCN3)cc1C. The molecule has 0 saturated carbocycles. The van der Waals surface area contributed by atoms with Crippen molar-refractivity contribution < 1.29 is 4.74 Å². The summed E-state index contributed by atoms with van der Waals surface area (Å²) in [6.07, 6.45) is 1.16. The van der Waals surface area contributed by atoms with Crippen molar-refractivity contribution in [1.82, 2.24) is 9.55 Å². The van der Waals surface area contributed by atoms with Crippen molar-refractivity contribution >= 4 is 5.95 Å². The predicted molar refractivity (Wildman–Crippen MR) is 76.8 cm³/mol. The zero-order valence-corrected chi connectivity index (χ0v) is 11.7. The van der Waals surface area contributed by atoms with E-state index < -0.39 is 0 Å². The zero-order chi connectivity index (χ0) is 13.4. The smallest absolute Gasteiger partial charge is 0.203 e. The number of aryl methyl sites for hydroxylation is 1. The van der Waals surface area contributed by atoms with E-state index in [1.807, 2.05) is 6.07 Å². The van der Waals surface area contributed by atoms with Crippen LogP contribution in [0.4, 0.5) is 5.95 Å². The molecule has 4 heteroatoms. The Labute approximate surface area is 113 Å². The van der Waals surface area contributed by atoms with Crippen molar-refractivity contribution in [2.45, 2.75) is 26.8 Å². The molecule has 2 heterocycles. The summed E-state index contributed by atoms with van der Waals surface area (Å²) in [5, 5.41) is 3.36. The first kappa shape index (κ1) is 12.1. The van der Waals surface area contributed by atoms with Gasteiger partial charge in [0, 0.05) is 24.3 Å². The molecule has 100 valence electrons. The molecule has 0 saturated heterocycles. The van der Waals surface area contributed by atoms with E-state index in [2.05, 4.69) is 35.9 Å². The summed E-state index contributed by atoms with van der Waals surface area (Å²) in [4.78, 5) is 4.73. The molecule has 1 aromatic heterocycles. The number of fused-ring (bicyclic) bond motifs is 1. The van der Waals surface area contributed by atoms with Gasteiger partial charge in [-0.25, -0.2) is 4.98 Å². The molecular formula is C15H19N3O. The normalized spacial score (nSPS) is 13.8. The van der Waals surface area contributed by atoms with Crippen LogP contribution < -0.4 is 10.1 Å². The largest absolute Gasteiger partial charge is 0.496 e. The van der Waals surface area contributed by atoms with Crippen LogP contribution in [0.5, 0.6) is 5.75 Å². The number of rotatable bonds is 2. The minimum Gasteiger partial charge on any atom is -0.496 e. The van der Waals surface area contributed by atoms with Crippen molar-refractivity contribution in [3.05, 3.63) is 29.5 Å². The molecule has 0 radical (unpaired) electrons. The predicted octanol–water partition coefficient (Wildman–Crippen LogP) is 2.99. The minimum atomic E-state index is 0.920.